The van der Waals surface area contributed by atoms with Crippen LogP contribution in [0.2, 0.25) is 0 Å². The minimum absolute atomic E-state index is 0. The molecular formula is C17H27ClN2O4S. The van der Waals surface area contributed by atoms with Gasteiger partial charge in [-0.25, -0.2) is 0 Å². The van der Waals surface area contributed by atoms with Gasteiger partial charge in [-0.3, -0.25) is 4.79 Å². The molecule has 25 heavy (non-hydrogen) atoms. The number of hydrogen-bond donors (Lipinski definition) is 1. The molecule has 1 aromatic rings. The Kier molecular flexibility index (Phi) is 9.42. The Morgan fingerprint density at radius 2 is 2.04 bits per heavy atom. The molecule has 1 aromatic carbocycles. The highest BCUT2D eigenvalue weighted by Crippen LogP contribution is 2.35. The fourth-order valence-electron chi connectivity index (χ4n) is 2.68. The average Bonchev–Trinajstić information content (AvgIpc) is 2.61. The Balaban J connectivity index is 0.00000312. The molecule has 1 saturated heterocycles. The lowest BCUT2D eigenvalue weighted by atomic mass is 10.1. The zero-order chi connectivity index (χ0) is 17.5. The molecule has 1 atom stereocenters. The summed E-state index contributed by atoms with van der Waals surface area (Å²) in [6.45, 7) is 2.63. The highest BCUT2D eigenvalue weighted by atomic mass is 35.5. The summed E-state index contributed by atoms with van der Waals surface area (Å²) in [7, 11) is 5.06. The molecule has 1 fully saturated rings. The first-order chi connectivity index (χ1) is 11.6. The Morgan fingerprint density at radius 1 is 1.36 bits per heavy atom. The molecule has 1 aliphatic heterocycles. The Hall–Kier alpha value is -1.15. The van der Waals surface area contributed by atoms with Gasteiger partial charge in [0.05, 0.1) is 27.4 Å². The van der Waals surface area contributed by atoms with Gasteiger partial charge in [0.15, 0.2) is 11.5 Å². The van der Waals surface area contributed by atoms with Crippen LogP contribution in [0.3, 0.4) is 0 Å². The highest BCUT2D eigenvalue weighted by molar-refractivity contribution is 7.98. The smallest absolute Gasteiger partial charge is 0.224 e. The van der Waals surface area contributed by atoms with Crippen LogP contribution in [0.4, 0.5) is 0 Å². The zero-order valence-electron chi connectivity index (χ0n) is 15.2. The normalized spacial score (nSPS) is 16.7. The molecule has 0 spiro atoms. The van der Waals surface area contributed by atoms with Crippen molar-refractivity contribution in [3.63, 3.8) is 0 Å². The van der Waals surface area contributed by atoms with Crippen LogP contribution >= 0.6 is 24.2 Å². The van der Waals surface area contributed by atoms with Crippen molar-refractivity contribution in [2.24, 2.45) is 0 Å². The van der Waals surface area contributed by atoms with E-state index in [9.17, 15) is 4.79 Å². The number of thioether (sulfide) groups is 1. The van der Waals surface area contributed by atoms with Gasteiger partial charge in [0.1, 0.15) is 0 Å². The van der Waals surface area contributed by atoms with E-state index in [1.165, 1.54) is 0 Å². The van der Waals surface area contributed by atoms with Crippen molar-refractivity contribution in [3.05, 3.63) is 17.7 Å². The number of rotatable bonds is 7. The number of nitrogens with zero attached hydrogens (tertiary/aromatic N) is 1. The number of methoxy groups -OCH3 is 2. The number of ether oxygens (including phenoxy) is 3. The first kappa shape index (κ1) is 21.9. The Labute approximate surface area is 160 Å². The maximum atomic E-state index is 12.5. The largest absolute Gasteiger partial charge is 0.493 e. The lowest BCUT2D eigenvalue weighted by Crippen LogP contribution is -2.44. The van der Waals surface area contributed by atoms with Gasteiger partial charge in [-0.1, -0.05) is 0 Å². The minimum Gasteiger partial charge on any atom is -0.493 e. The van der Waals surface area contributed by atoms with Crippen LogP contribution in [0.15, 0.2) is 17.0 Å². The molecule has 0 aliphatic carbocycles. The van der Waals surface area contributed by atoms with Crippen molar-refractivity contribution in [2.45, 2.75) is 23.9 Å². The molecular weight excluding hydrogens is 364 g/mol. The van der Waals surface area contributed by atoms with Crippen LogP contribution in [0, 0.1) is 0 Å². The van der Waals surface area contributed by atoms with E-state index in [1.54, 1.807) is 30.9 Å². The van der Waals surface area contributed by atoms with Crippen molar-refractivity contribution in [1.82, 2.24) is 10.2 Å². The van der Waals surface area contributed by atoms with Gasteiger partial charge in [-0.15, -0.1) is 24.2 Å². The Bertz CT molecular complexity index is 568. The van der Waals surface area contributed by atoms with Crippen LogP contribution in [-0.2, 0) is 16.1 Å². The molecule has 0 aromatic heterocycles. The first-order valence-electron chi connectivity index (χ1n) is 7.93. The standard InChI is InChI=1S/C17H26N2O4S.ClH/c1-19(17(20)8-13-11-23-6-5-18-13)10-12-7-14(21-2)15(22-3)9-16(12)24-4;/h7,9,13,18H,5-6,8,10-11H2,1-4H3;1H. The fraction of sp³-hybridized carbons (Fsp3) is 0.588. The second kappa shape index (κ2) is 10.8. The van der Waals surface area contributed by atoms with Crippen molar-refractivity contribution in [3.8, 4) is 11.5 Å². The molecule has 8 heteroatoms. The van der Waals surface area contributed by atoms with Gasteiger partial charge in [0, 0.05) is 37.5 Å². The number of benzene rings is 1. The first-order valence-corrected chi connectivity index (χ1v) is 9.15. The van der Waals surface area contributed by atoms with Crippen molar-refractivity contribution < 1.29 is 19.0 Å². The third-order valence-corrected chi connectivity index (χ3v) is 4.86. The predicted molar refractivity (Wildman–Crippen MR) is 102 cm³/mol. The van der Waals surface area contributed by atoms with Gasteiger partial charge in [0.25, 0.3) is 0 Å². The number of nitrogens with one attached hydrogen (secondary N) is 1. The fourth-order valence-corrected chi connectivity index (χ4v) is 3.29. The summed E-state index contributed by atoms with van der Waals surface area (Å²) in [6, 6.07) is 3.99. The topological polar surface area (TPSA) is 60.0 Å². The predicted octanol–water partition coefficient (Wildman–Crippen LogP) is 2.18. The van der Waals surface area contributed by atoms with Crippen LogP contribution in [0.5, 0.6) is 11.5 Å². The molecule has 1 amide bonds. The second-order valence-electron chi connectivity index (χ2n) is 5.70. The summed E-state index contributed by atoms with van der Waals surface area (Å²) in [5.74, 6) is 1.47. The van der Waals surface area contributed by atoms with Gasteiger partial charge >= 0.3 is 0 Å². The quantitative estimate of drug-likeness (QED) is 0.720. The summed E-state index contributed by atoms with van der Waals surface area (Å²) in [6.07, 6.45) is 2.45. The van der Waals surface area contributed by atoms with Crippen LogP contribution in [0.1, 0.15) is 12.0 Å². The van der Waals surface area contributed by atoms with Crippen LogP contribution in [-0.4, -0.2) is 64.1 Å². The third-order valence-electron chi connectivity index (χ3n) is 4.04. The molecule has 1 unspecified atom stereocenters. The van der Waals surface area contributed by atoms with Crippen molar-refractivity contribution >= 4 is 30.1 Å². The number of carbonyl (C=O) groups is 1. The lowest BCUT2D eigenvalue weighted by Gasteiger charge is -2.26. The van der Waals surface area contributed by atoms with E-state index in [-0.39, 0.29) is 24.4 Å². The molecule has 0 radical (unpaired) electrons. The van der Waals surface area contributed by atoms with E-state index in [1.807, 2.05) is 25.4 Å². The summed E-state index contributed by atoms with van der Waals surface area (Å²) in [4.78, 5) is 15.3. The molecule has 1 aliphatic rings. The van der Waals surface area contributed by atoms with Crippen molar-refractivity contribution in [1.29, 1.82) is 0 Å². The van der Waals surface area contributed by atoms with Crippen molar-refractivity contribution in [2.75, 3.05) is 47.3 Å². The number of hydrogen-bond acceptors (Lipinski definition) is 6. The van der Waals surface area contributed by atoms with E-state index < -0.39 is 0 Å². The Morgan fingerprint density at radius 3 is 2.60 bits per heavy atom. The van der Waals surface area contributed by atoms with Gasteiger partial charge < -0.3 is 24.4 Å². The number of morpholine rings is 1. The second-order valence-corrected chi connectivity index (χ2v) is 6.55. The number of halogens is 1. The van der Waals surface area contributed by atoms with E-state index in [2.05, 4.69) is 5.32 Å². The molecule has 0 saturated carbocycles. The molecule has 142 valence electrons. The summed E-state index contributed by atoms with van der Waals surface area (Å²) in [5, 5.41) is 3.31. The number of amides is 1. The van der Waals surface area contributed by atoms with Gasteiger partial charge in [0.2, 0.25) is 5.91 Å². The van der Waals surface area contributed by atoms with Gasteiger partial charge in [-0.05, 0) is 24.0 Å². The zero-order valence-corrected chi connectivity index (χ0v) is 16.8. The summed E-state index contributed by atoms with van der Waals surface area (Å²) in [5.41, 5.74) is 1.05. The van der Waals surface area contributed by atoms with E-state index >= 15 is 0 Å². The SMILES string of the molecule is COc1cc(CN(C)C(=O)CC2COCCN2)c(SC)cc1OC.Cl. The maximum Gasteiger partial charge on any atom is 0.224 e. The monoisotopic (exact) mass is 390 g/mol. The highest BCUT2D eigenvalue weighted by Gasteiger charge is 2.20. The molecule has 0 bridgehead atoms. The average molecular weight is 391 g/mol. The maximum absolute atomic E-state index is 12.5. The number of carbonyl (C=O) groups excluding carboxylic acids is 1. The van der Waals surface area contributed by atoms with Crippen LogP contribution < -0.4 is 14.8 Å². The van der Waals surface area contributed by atoms with Crippen LogP contribution in [0.25, 0.3) is 0 Å². The summed E-state index contributed by atoms with van der Waals surface area (Å²) >= 11 is 1.63. The summed E-state index contributed by atoms with van der Waals surface area (Å²) < 4.78 is 16.1. The molecule has 1 heterocycles. The van der Waals surface area contributed by atoms with E-state index in [0.29, 0.717) is 37.7 Å². The minimum atomic E-state index is 0. The van der Waals surface area contributed by atoms with E-state index in [4.69, 9.17) is 14.2 Å². The van der Waals surface area contributed by atoms with Gasteiger partial charge in [-0.2, -0.15) is 0 Å². The molecule has 1 N–H and O–H groups in total. The van der Waals surface area contributed by atoms with E-state index in [0.717, 1.165) is 17.0 Å². The third kappa shape index (κ3) is 5.95. The molecule has 2 rings (SSSR count). The lowest BCUT2D eigenvalue weighted by molar-refractivity contribution is -0.131. The molecule has 6 nitrogen and oxygen atoms in total.